The summed E-state index contributed by atoms with van der Waals surface area (Å²) >= 11 is 1.40. The molecular weight excluding hydrogens is 190 g/mol. The zero-order chi connectivity index (χ0) is 9.90. The van der Waals surface area contributed by atoms with E-state index < -0.39 is 11.5 Å². The van der Waals surface area contributed by atoms with E-state index in [1.807, 2.05) is 0 Å². The summed E-state index contributed by atoms with van der Waals surface area (Å²) in [7, 11) is 0. The van der Waals surface area contributed by atoms with Crippen LogP contribution in [0.2, 0.25) is 0 Å². The molecule has 0 spiro atoms. The first-order valence-corrected chi connectivity index (χ1v) is 5.47. The third-order valence-electron chi connectivity index (χ3n) is 2.28. The second-order valence-electron chi connectivity index (χ2n) is 3.40. The van der Waals surface area contributed by atoms with Crippen LogP contribution in [-0.4, -0.2) is 39.8 Å². The average Bonchev–Trinajstić information content (AvgIpc) is 2.86. The Morgan fingerprint density at radius 1 is 1.62 bits per heavy atom. The Morgan fingerprint density at radius 2 is 2.23 bits per heavy atom. The fourth-order valence-electron chi connectivity index (χ4n) is 1.26. The molecular formula is C8H15NO3S. The Kier molecular flexibility index (Phi) is 3.58. The first kappa shape index (κ1) is 10.8. The maximum atomic E-state index is 10.9. The number of aliphatic hydroxyl groups excluding tert-OH is 1. The Morgan fingerprint density at radius 3 is 2.62 bits per heavy atom. The molecule has 1 rings (SSSR count). The van der Waals surface area contributed by atoms with Crippen LogP contribution in [-0.2, 0) is 4.79 Å². The molecule has 1 atom stereocenters. The molecule has 0 saturated heterocycles. The zero-order valence-electron chi connectivity index (χ0n) is 7.40. The van der Waals surface area contributed by atoms with Crippen molar-refractivity contribution in [1.29, 1.82) is 0 Å². The molecule has 0 aromatic carbocycles. The van der Waals surface area contributed by atoms with E-state index in [9.17, 15) is 4.79 Å². The van der Waals surface area contributed by atoms with Gasteiger partial charge in [0.25, 0.3) is 0 Å². The van der Waals surface area contributed by atoms with Crippen LogP contribution in [0.1, 0.15) is 12.8 Å². The number of aliphatic carboxylic acids is 1. The molecule has 0 heterocycles. The van der Waals surface area contributed by atoms with Crippen LogP contribution in [0.3, 0.4) is 0 Å². The monoisotopic (exact) mass is 205 g/mol. The van der Waals surface area contributed by atoms with E-state index in [1.54, 1.807) is 0 Å². The fourth-order valence-corrected chi connectivity index (χ4v) is 2.23. The van der Waals surface area contributed by atoms with Crippen molar-refractivity contribution in [3.05, 3.63) is 0 Å². The first-order chi connectivity index (χ1) is 6.11. The normalized spacial score (nSPS) is 21.1. The van der Waals surface area contributed by atoms with Gasteiger partial charge in [-0.1, -0.05) is 0 Å². The number of carboxylic acid groups (broad SMARTS) is 1. The molecule has 0 radical (unpaired) electrons. The number of nitrogens with two attached hydrogens (primary N) is 1. The van der Waals surface area contributed by atoms with Gasteiger partial charge in [-0.2, -0.15) is 11.8 Å². The second-order valence-corrected chi connectivity index (χ2v) is 4.50. The average molecular weight is 205 g/mol. The van der Waals surface area contributed by atoms with Gasteiger partial charge in [-0.15, -0.1) is 0 Å². The van der Waals surface area contributed by atoms with Gasteiger partial charge in [-0.3, -0.25) is 4.79 Å². The van der Waals surface area contributed by atoms with Gasteiger partial charge in [0.1, 0.15) is 5.54 Å². The summed E-state index contributed by atoms with van der Waals surface area (Å²) in [5.74, 6) is 0.170. The van der Waals surface area contributed by atoms with Crippen LogP contribution >= 0.6 is 11.8 Å². The fraction of sp³-hybridized carbons (Fsp3) is 0.875. The molecule has 4 nitrogen and oxygen atoms in total. The molecule has 1 fully saturated rings. The van der Waals surface area contributed by atoms with Crippen molar-refractivity contribution in [2.24, 2.45) is 11.7 Å². The summed E-state index contributed by atoms with van der Waals surface area (Å²) in [4.78, 5) is 10.9. The number of thioether (sulfide) groups is 1. The highest BCUT2D eigenvalue weighted by molar-refractivity contribution is 7.99. The smallest absolute Gasteiger partial charge is 0.324 e. The molecule has 0 aliphatic heterocycles. The van der Waals surface area contributed by atoms with Crippen LogP contribution in [0.25, 0.3) is 0 Å². The van der Waals surface area contributed by atoms with Crippen LogP contribution in [0.4, 0.5) is 0 Å². The molecule has 5 heteroatoms. The van der Waals surface area contributed by atoms with Crippen molar-refractivity contribution < 1.29 is 15.0 Å². The lowest BCUT2D eigenvalue weighted by Gasteiger charge is -2.23. The van der Waals surface area contributed by atoms with Gasteiger partial charge in [-0.05, 0) is 18.8 Å². The SMILES string of the molecule is NC(CSCCO)(C(=O)O)C1CC1. The van der Waals surface area contributed by atoms with Gasteiger partial charge in [0.2, 0.25) is 0 Å². The molecule has 4 N–H and O–H groups in total. The highest BCUT2D eigenvalue weighted by Gasteiger charge is 2.47. The minimum atomic E-state index is -1.07. The molecule has 0 bridgehead atoms. The van der Waals surface area contributed by atoms with E-state index in [-0.39, 0.29) is 12.5 Å². The van der Waals surface area contributed by atoms with Crippen molar-refractivity contribution in [3.63, 3.8) is 0 Å². The van der Waals surface area contributed by atoms with E-state index >= 15 is 0 Å². The molecule has 1 aliphatic rings. The van der Waals surface area contributed by atoms with Gasteiger partial charge in [0.15, 0.2) is 0 Å². The second kappa shape index (κ2) is 4.30. The van der Waals surface area contributed by atoms with Crippen LogP contribution in [0.5, 0.6) is 0 Å². The highest BCUT2D eigenvalue weighted by Crippen LogP contribution is 2.39. The molecule has 13 heavy (non-hydrogen) atoms. The molecule has 0 aromatic heterocycles. The standard InChI is InChI=1S/C8H15NO3S/c9-8(7(11)12,6-1-2-6)5-13-4-3-10/h6,10H,1-5,9H2,(H,11,12). The molecule has 76 valence electrons. The van der Waals surface area contributed by atoms with Crippen molar-refractivity contribution >= 4 is 17.7 Å². The summed E-state index contributed by atoms with van der Waals surface area (Å²) in [5, 5.41) is 17.5. The van der Waals surface area contributed by atoms with E-state index in [4.69, 9.17) is 15.9 Å². The minimum Gasteiger partial charge on any atom is -0.480 e. The van der Waals surface area contributed by atoms with E-state index in [0.717, 1.165) is 12.8 Å². The Balaban J connectivity index is 2.42. The summed E-state index contributed by atoms with van der Waals surface area (Å²) in [6, 6.07) is 0. The summed E-state index contributed by atoms with van der Waals surface area (Å²) in [6.45, 7) is 0.0744. The van der Waals surface area contributed by atoms with Crippen LogP contribution in [0, 0.1) is 5.92 Å². The van der Waals surface area contributed by atoms with Gasteiger partial charge in [0, 0.05) is 11.5 Å². The number of rotatable bonds is 6. The van der Waals surface area contributed by atoms with Crippen LogP contribution in [0.15, 0.2) is 0 Å². The lowest BCUT2D eigenvalue weighted by atomic mass is 9.98. The molecule has 0 aromatic rings. The van der Waals surface area contributed by atoms with Crippen molar-refractivity contribution in [3.8, 4) is 0 Å². The third-order valence-corrected chi connectivity index (χ3v) is 3.43. The first-order valence-electron chi connectivity index (χ1n) is 4.32. The minimum absolute atomic E-state index is 0.0744. The Labute approximate surface area is 81.5 Å². The lowest BCUT2D eigenvalue weighted by Crippen LogP contribution is -2.52. The topological polar surface area (TPSA) is 83.5 Å². The van der Waals surface area contributed by atoms with Gasteiger partial charge in [0.05, 0.1) is 6.61 Å². The van der Waals surface area contributed by atoms with Crippen molar-refractivity contribution in [2.45, 2.75) is 18.4 Å². The number of aliphatic hydroxyl groups is 1. The van der Waals surface area contributed by atoms with E-state index in [1.165, 1.54) is 11.8 Å². The van der Waals surface area contributed by atoms with Gasteiger partial charge in [-0.25, -0.2) is 0 Å². The lowest BCUT2D eigenvalue weighted by molar-refractivity contribution is -0.143. The van der Waals surface area contributed by atoms with Crippen LogP contribution < -0.4 is 5.73 Å². The quantitative estimate of drug-likeness (QED) is 0.528. The predicted molar refractivity (Wildman–Crippen MR) is 51.7 cm³/mol. The maximum Gasteiger partial charge on any atom is 0.324 e. The molecule has 1 unspecified atom stereocenters. The van der Waals surface area contributed by atoms with Crippen molar-refractivity contribution in [2.75, 3.05) is 18.1 Å². The van der Waals surface area contributed by atoms with E-state index in [2.05, 4.69) is 0 Å². The van der Waals surface area contributed by atoms with Gasteiger partial charge >= 0.3 is 5.97 Å². The summed E-state index contributed by atoms with van der Waals surface area (Å²) in [5.41, 5.74) is 4.72. The molecule has 0 amide bonds. The molecule has 1 aliphatic carbocycles. The van der Waals surface area contributed by atoms with Gasteiger partial charge < -0.3 is 15.9 Å². The third kappa shape index (κ3) is 2.59. The number of carbonyl (C=O) groups is 1. The number of carboxylic acids is 1. The highest BCUT2D eigenvalue weighted by atomic mass is 32.2. The number of hydrogen-bond donors (Lipinski definition) is 3. The zero-order valence-corrected chi connectivity index (χ0v) is 8.22. The molecule has 1 saturated carbocycles. The Hall–Kier alpha value is -0.260. The largest absolute Gasteiger partial charge is 0.480 e. The summed E-state index contributed by atoms with van der Waals surface area (Å²) < 4.78 is 0. The van der Waals surface area contributed by atoms with Crippen molar-refractivity contribution in [1.82, 2.24) is 0 Å². The maximum absolute atomic E-state index is 10.9. The predicted octanol–water partition coefficient (Wildman–Crippen LogP) is -0.0960. The Bertz CT molecular complexity index is 196. The summed E-state index contributed by atoms with van der Waals surface area (Å²) in [6.07, 6.45) is 1.84. The number of hydrogen-bond acceptors (Lipinski definition) is 4. The van der Waals surface area contributed by atoms with E-state index in [0.29, 0.717) is 11.5 Å².